The molecule has 0 aromatic heterocycles. The van der Waals surface area contributed by atoms with Crippen LogP contribution in [0.4, 0.5) is 0 Å². The number of amides is 1. The van der Waals surface area contributed by atoms with Gasteiger partial charge in [0.15, 0.2) is 0 Å². The maximum Gasteiger partial charge on any atom is 0.295 e. The number of aliphatic hydroxyl groups excluding tert-OH is 1. The van der Waals surface area contributed by atoms with Crippen molar-refractivity contribution in [1.82, 2.24) is 9.80 Å². The lowest BCUT2D eigenvalue weighted by Gasteiger charge is -2.26. The summed E-state index contributed by atoms with van der Waals surface area (Å²) in [6.45, 7) is 4.18. The Balaban J connectivity index is 1.79. The highest BCUT2D eigenvalue weighted by molar-refractivity contribution is 6.46. The third-order valence-corrected chi connectivity index (χ3v) is 5.99. The average Bonchev–Trinajstić information content (AvgIpc) is 3.36. The molecule has 1 fully saturated rings. The molecule has 4 rings (SSSR count). The molecule has 1 amide bonds. The van der Waals surface area contributed by atoms with Gasteiger partial charge in [-0.1, -0.05) is 12.1 Å². The lowest BCUT2D eigenvalue weighted by atomic mass is 9.94. The van der Waals surface area contributed by atoms with Crippen molar-refractivity contribution in [3.63, 3.8) is 0 Å². The molecule has 1 atom stereocenters. The summed E-state index contributed by atoms with van der Waals surface area (Å²) < 4.78 is 11.2. The van der Waals surface area contributed by atoms with Crippen LogP contribution in [0.25, 0.3) is 5.76 Å². The Hall–Kier alpha value is -3.32. The summed E-state index contributed by atoms with van der Waals surface area (Å²) in [6.07, 6.45) is 1.45. The van der Waals surface area contributed by atoms with Gasteiger partial charge in [-0.3, -0.25) is 9.59 Å². The average molecular weight is 451 g/mol. The molecular formula is C26H30N2O5. The van der Waals surface area contributed by atoms with Gasteiger partial charge >= 0.3 is 0 Å². The number of hydrogen-bond acceptors (Lipinski definition) is 6. The van der Waals surface area contributed by atoms with Crippen LogP contribution in [0.2, 0.25) is 0 Å². The normalized spacial score (nSPS) is 19.2. The van der Waals surface area contributed by atoms with Crippen LogP contribution >= 0.6 is 0 Å². The predicted molar refractivity (Wildman–Crippen MR) is 125 cm³/mol. The van der Waals surface area contributed by atoms with E-state index in [1.807, 2.05) is 56.3 Å². The summed E-state index contributed by atoms with van der Waals surface area (Å²) in [4.78, 5) is 29.9. The lowest BCUT2D eigenvalue weighted by molar-refractivity contribution is -0.139. The third kappa shape index (κ3) is 4.59. The quantitative estimate of drug-likeness (QED) is 0.377. The topological polar surface area (TPSA) is 79.3 Å². The number of aliphatic hydroxyl groups is 1. The minimum Gasteiger partial charge on any atom is -0.507 e. The first-order valence-electron chi connectivity index (χ1n) is 11.3. The first kappa shape index (κ1) is 22.9. The zero-order valence-corrected chi connectivity index (χ0v) is 19.3. The van der Waals surface area contributed by atoms with Gasteiger partial charge in [-0.2, -0.15) is 0 Å². The Labute approximate surface area is 194 Å². The van der Waals surface area contributed by atoms with Crippen LogP contribution in [-0.4, -0.2) is 67.0 Å². The number of Topliss-reactive ketones (excluding diaryl/α,β-unsaturated/α-hetero) is 1. The van der Waals surface area contributed by atoms with Crippen LogP contribution in [0.3, 0.4) is 0 Å². The molecule has 0 spiro atoms. The van der Waals surface area contributed by atoms with Crippen molar-refractivity contribution in [3.8, 4) is 11.5 Å². The number of fused-ring (bicyclic) bond motifs is 1. The number of ketones is 1. The smallest absolute Gasteiger partial charge is 0.295 e. The van der Waals surface area contributed by atoms with Crippen LogP contribution in [0.5, 0.6) is 11.5 Å². The second-order valence-corrected chi connectivity index (χ2v) is 8.58. The van der Waals surface area contributed by atoms with Gasteiger partial charge in [0, 0.05) is 18.5 Å². The van der Waals surface area contributed by atoms with Gasteiger partial charge in [0.2, 0.25) is 0 Å². The van der Waals surface area contributed by atoms with Crippen molar-refractivity contribution < 1.29 is 24.2 Å². The molecule has 2 aliphatic heterocycles. The number of carbonyl (C=O) groups excluding carboxylic acids is 2. The number of ether oxygens (including phenoxy) is 2. The molecule has 2 aromatic carbocycles. The van der Waals surface area contributed by atoms with Gasteiger partial charge in [-0.15, -0.1) is 0 Å². The summed E-state index contributed by atoms with van der Waals surface area (Å²) in [7, 11) is 3.93. The Morgan fingerprint density at radius 1 is 1.21 bits per heavy atom. The largest absolute Gasteiger partial charge is 0.507 e. The SMILES string of the molecule is CCOc1cccc(C2/C(=C(/O)c3ccc4c(c3)CCO4)C(=O)C(=O)N2CCCN(C)C)c1. The van der Waals surface area contributed by atoms with Gasteiger partial charge in [0.1, 0.15) is 17.3 Å². The molecule has 2 heterocycles. The number of benzene rings is 2. The van der Waals surface area contributed by atoms with Crippen LogP contribution in [0.15, 0.2) is 48.0 Å². The predicted octanol–water partition coefficient (Wildman–Crippen LogP) is 3.39. The number of likely N-dealkylation sites (tertiary alicyclic amines) is 1. The van der Waals surface area contributed by atoms with Crippen molar-refractivity contribution in [2.24, 2.45) is 0 Å². The van der Waals surface area contributed by atoms with E-state index in [-0.39, 0.29) is 11.3 Å². The minimum atomic E-state index is -0.683. The Morgan fingerprint density at radius 3 is 2.79 bits per heavy atom. The lowest BCUT2D eigenvalue weighted by Crippen LogP contribution is -2.32. The molecule has 1 N–H and O–H groups in total. The van der Waals surface area contributed by atoms with Crippen molar-refractivity contribution in [1.29, 1.82) is 0 Å². The highest BCUT2D eigenvalue weighted by Crippen LogP contribution is 2.41. The van der Waals surface area contributed by atoms with E-state index in [0.717, 1.165) is 29.8 Å². The molecule has 0 saturated carbocycles. The Bertz CT molecular complexity index is 1090. The van der Waals surface area contributed by atoms with E-state index >= 15 is 0 Å². The van der Waals surface area contributed by atoms with Crippen molar-refractivity contribution >= 4 is 17.4 Å². The molecule has 7 heteroatoms. The second-order valence-electron chi connectivity index (χ2n) is 8.58. The number of rotatable bonds is 8. The van der Waals surface area contributed by atoms with E-state index < -0.39 is 17.7 Å². The maximum atomic E-state index is 13.2. The molecule has 2 aliphatic rings. The zero-order valence-electron chi connectivity index (χ0n) is 19.3. The fraction of sp³-hybridized carbons (Fsp3) is 0.385. The van der Waals surface area contributed by atoms with Gasteiger partial charge < -0.3 is 24.4 Å². The van der Waals surface area contributed by atoms with Gasteiger partial charge in [0.25, 0.3) is 11.7 Å². The fourth-order valence-corrected chi connectivity index (χ4v) is 4.44. The third-order valence-electron chi connectivity index (χ3n) is 5.99. The van der Waals surface area contributed by atoms with E-state index in [9.17, 15) is 14.7 Å². The first-order valence-corrected chi connectivity index (χ1v) is 11.3. The molecular weight excluding hydrogens is 420 g/mol. The molecule has 0 bridgehead atoms. The molecule has 33 heavy (non-hydrogen) atoms. The summed E-state index contributed by atoms with van der Waals surface area (Å²) in [5.74, 6) is 0.0257. The Morgan fingerprint density at radius 2 is 2.03 bits per heavy atom. The molecule has 2 aromatic rings. The minimum absolute atomic E-state index is 0.109. The van der Waals surface area contributed by atoms with Crippen LogP contribution in [0.1, 0.15) is 36.1 Å². The van der Waals surface area contributed by atoms with Crippen LogP contribution in [-0.2, 0) is 16.0 Å². The van der Waals surface area contributed by atoms with Gasteiger partial charge in [-0.05, 0) is 75.4 Å². The Kier molecular flexibility index (Phi) is 6.70. The number of nitrogens with zero attached hydrogens (tertiary/aromatic N) is 2. The van der Waals surface area contributed by atoms with Crippen LogP contribution < -0.4 is 9.47 Å². The summed E-state index contributed by atoms with van der Waals surface area (Å²) in [6, 6.07) is 12.1. The maximum absolute atomic E-state index is 13.2. The van der Waals surface area contributed by atoms with E-state index in [0.29, 0.717) is 37.5 Å². The van der Waals surface area contributed by atoms with E-state index in [1.54, 1.807) is 17.0 Å². The number of hydrogen-bond donors (Lipinski definition) is 1. The molecule has 0 radical (unpaired) electrons. The van der Waals surface area contributed by atoms with Crippen molar-refractivity contribution in [3.05, 3.63) is 64.7 Å². The summed E-state index contributed by atoms with van der Waals surface area (Å²) >= 11 is 0. The highest BCUT2D eigenvalue weighted by Gasteiger charge is 2.46. The van der Waals surface area contributed by atoms with Crippen LogP contribution in [0, 0.1) is 0 Å². The molecule has 7 nitrogen and oxygen atoms in total. The molecule has 0 aliphatic carbocycles. The van der Waals surface area contributed by atoms with Gasteiger partial charge in [-0.25, -0.2) is 0 Å². The van der Waals surface area contributed by atoms with E-state index in [4.69, 9.17) is 9.47 Å². The van der Waals surface area contributed by atoms with Crippen molar-refractivity contribution in [2.45, 2.75) is 25.8 Å². The highest BCUT2D eigenvalue weighted by atomic mass is 16.5. The monoisotopic (exact) mass is 450 g/mol. The fourth-order valence-electron chi connectivity index (χ4n) is 4.44. The zero-order chi connectivity index (χ0) is 23.5. The molecule has 1 unspecified atom stereocenters. The summed E-state index contributed by atoms with van der Waals surface area (Å²) in [5.41, 5.74) is 2.33. The summed E-state index contributed by atoms with van der Waals surface area (Å²) in [5, 5.41) is 11.3. The standard InChI is InChI=1S/C26H30N2O5/c1-4-32-20-8-5-7-18(16-20)23-22(25(30)26(31)28(23)13-6-12-27(2)3)24(29)19-9-10-21-17(15-19)11-14-33-21/h5,7-10,15-16,23,29H,4,6,11-14H2,1-3H3/b24-22-. The molecule has 174 valence electrons. The van der Waals surface area contributed by atoms with E-state index in [1.165, 1.54) is 0 Å². The van der Waals surface area contributed by atoms with Gasteiger partial charge in [0.05, 0.1) is 24.8 Å². The number of carbonyl (C=O) groups is 2. The molecule has 1 saturated heterocycles. The van der Waals surface area contributed by atoms with Crippen molar-refractivity contribution in [2.75, 3.05) is 40.4 Å². The first-order chi connectivity index (χ1) is 15.9. The second kappa shape index (κ2) is 9.67. The van der Waals surface area contributed by atoms with E-state index in [2.05, 4.69) is 0 Å².